The topological polar surface area (TPSA) is 125 Å². The van der Waals surface area contributed by atoms with Crippen molar-refractivity contribution in [2.75, 3.05) is 17.7 Å². The van der Waals surface area contributed by atoms with Crippen LogP contribution in [0.25, 0.3) is 11.0 Å². The minimum Gasteiger partial charge on any atom is -0.480 e. The summed E-state index contributed by atoms with van der Waals surface area (Å²) in [4.78, 5) is 40.4. The van der Waals surface area contributed by atoms with E-state index in [-0.39, 0.29) is 17.2 Å². The van der Waals surface area contributed by atoms with Gasteiger partial charge in [0.1, 0.15) is 11.6 Å². The van der Waals surface area contributed by atoms with Crippen LogP contribution in [0, 0.1) is 0 Å². The lowest BCUT2D eigenvalue weighted by atomic mass is 9.97. The largest absolute Gasteiger partial charge is 0.480 e. The van der Waals surface area contributed by atoms with Gasteiger partial charge in [-0.25, -0.2) is 13.2 Å². The van der Waals surface area contributed by atoms with Crippen LogP contribution in [0.2, 0.25) is 0 Å². The second-order valence-corrected chi connectivity index (χ2v) is 11.6. The molecule has 9 nitrogen and oxygen atoms in total. The van der Waals surface area contributed by atoms with E-state index in [1.165, 1.54) is 12.1 Å². The third-order valence-corrected chi connectivity index (χ3v) is 8.09. The minimum atomic E-state index is -3.47. The second kappa shape index (κ2) is 10.4. The van der Waals surface area contributed by atoms with E-state index in [9.17, 15) is 27.9 Å². The molecule has 1 atom stereocenters. The van der Waals surface area contributed by atoms with Crippen molar-refractivity contribution in [3.8, 4) is 0 Å². The van der Waals surface area contributed by atoms with Crippen LogP contribution < -0.4 is 4.90 Å². The van der Waals surface area contributed by atoms with Crippen molar-refractivity contribution < 1.29 is 32.3 Å². The number of anilines is 1. The normalized spacial score (nSPS) is 14.0. The molecule has 5 rings (SSSR count). The predicted octanol–water partition coefficient (Wildman–Crippen LogP) is 3.69. The Balaban J connectivity index is 1.36. The van der Waals surface area contributed by atoms with E-state index in [2.05, 4.69) is 0 Å². The molecule has 4 aromatic rings. The van der Waals surface area contributed by atoms with Gasteiger partial charge in [-0.3, -0.25) is 9.59 Å². The van der Waals surface area contributed by atoms with Crippen LogP contribution >= 0.6 is 0 Å². The average molecular weight is 547 g/mol. The molecule has 0 fully saturated rings. The molecule has 10 heteroatoms. The Kier molecular flexibility index (Phi) is 6.96. The number of sulfone groups is 1. The quantitative estimate of drug-likeness (QED) is 0.334. The smallest absolute Gasteiger partial charge is 0.327 e. The average Bonchev–Trinajstić information content (AvgIpc) is 3.40. The lowest BCUT2D eigenvalue weighted by Crippen LogP contribution is -2.42. The van der Waals surface area contributed by atoms with Gasteiger partial charge in [-0.05, 0) is 65.6 Å². The molecule has 3 aromatic carbocycles. The number of fused-ring (bicyclic) bond motifs is 2. The molecule has 0 aliphatic carbocycles. The number of aliphatic carboxylic acids is 1. The summed E-state index contributed by atoms with van der Waals surface area (Å²) >= 11 is 0. The highest BCUT2D eigenvalue weighted by atomic mass is 32.2. The molecule has 39 heavy (non-hydrogen) atoms. The maximum Gasteiger partial charge on any atom is 0.327 e. The zero-order valence-electron chi connectivity index (χ0n) is 21.1. The molecular formula is C29H26N2O7S. The zero-order chi connectivity index (χ0) is 27.7. The predicted molar refractivity (Wildman–Crippen MR) is 144 cm³/mol. The van der Waals surface area contributed by atoms with Gasteiger partial charge in [0.2, 0.25) is 6.41 Å². The van der Waals surface area contributed by atoms with E-state index in [0.29, 0.717) is 48.3 Å². The molecule has 1 N–H and O–H groups in total. The maximum absolute atomic E-state index is 13.1. The van der Waals surface area contributed by atoms with Crippen molar-refractivity contribution in [2.24, 2.45) is 0 Å². The summed E-state index contributed by atoms with van der Waals surface area (Å²) in [6, 6.07) is 17.3. The molecule has 200 valence electrons. The summed E-state index contributed by atoms with van der Waals surface area (Å²) in [6.45, 7) is 0.847. The highest BCUT2D eigenvalue weighted by Gasteiger charge is 2.28. The molecular weight excluding hydrogens is 520 g/mol. The van der Waals surface area contributed by atoms with Gasteiger partial charge in [-0.2, -0.15) is 0 Å². The number of furan rings is 1. The standard InChI is InChI=1S/C29H26N2O7S/c1-39(36,37)25-4-2-3-19(13-25)14-26(29(34)35)31(18-32)24-8-7-23-17-30(11-9-21(23)15-24)28(33)22-6-5-20-10-12-38-27(20)16-22/h2-8,10,12-13,15-16,18,26H,9,11,14,17H2,1H3,(H,34,35). The number of carboxylic acids is 1. The Morgan fingerprint density at radius 3 is 2.64 bits per heavy atom. The molecule has 0 saturated carbocycles. The molecule has 2 heterocycles. The van der Waals surface area contributed by atoms with Crippen molar-refractivity contribution in [1.29, 1.82) is 0 Å². The Labute approximate surface area is 225 Å². The van der Waals surface area contributed by atoms with Crippen LogP contribution in [0.4, 0.5) is 5.69 Å². The summed E-state index contributed by atoms with van der Waals surface area (Å²) in [5.41, 5.74) is 3.92. The zero-order valence-corrected chi connectivity index (χ0v) is 21.9. The second-order valence-electron chi connectivity index (χ2n) is 9.59. The van der Waals surface area contributed by atoms with Crippen molar-refractivity contribution in [2.45, 2.75) is 30.3 Å². The first kappa shape index (κ1) is 26.2. The summed E-state index contributed by atoms with van der Waals surface area (Å²) in [5.74, 6) is -1.32. The van der Waals surface area contributed by atoms with Gasteiger partial charge in [-0.1, -0.05) is 24.3 Å². The fourth-order valence-corrected chi connectivity index (χ4v) is 5.58. The van der Waals surface area contributed by atoms with Gasteiger partial charge in [0, 0.05) is 42.4 Å². The number of amides is 2. The van der Waals surface area contributed by atoms with E-state index in [4.69, 9.17) is 4.42 Å². The van der Waals surface area contributed by atoms with Gasteiger partial charge in [0.25, 0.3) is 5.91 Å². The van der Waals surface area contributed by atoms with E-state index in [1.54, 1.807) is 53.6 Å². The van der Waals surface area contributed by atoms with Crippen molar-refractivity contribution in [3.63, 3.8) is 0 Å². The monoisotopic (exact) mass is 546 g/mol. The molecule has 1 aliphatic rings. The first-order valence-electron chi connectivity index (χ1n) is 12.3. The fraction of sp³-hybridized carbons (Fsp3) is 0.207. The van der Waals surface area contributed by atoms with Crippen LogP contribution in [0.3, 0.4) is 0 Å². The van der Waals surface area contributed by atoms with Gasteiger partial charge in [0.05, 0.1) is 11.2 Å². The molecule has 0 spiro atoms. The van der Waals surface area contributed by atoms with Gasteiger partial charge < -0.3 is 19.3 Å². The summed E-state index contributed by atoms with van der Waals surface area (Å²) in [5, 5.41) is 10.9. The number of nitrogens with zero attached hydrogens (tertiary/aromatic N) is 2. The number of hydrogen-bond acceptors (Lipinski definition) is 6. The number of carbonyl (C=O) groups excluding carboxylic acids is 2. The number of rotatable bonds is 8. The molecule has 0 bridgehead atoms. The van der Waals surface area contributed by atoms with E-state index >= 15 is 0 Å². The van der Waals surface area contributed by atoms with Gasteiger partial charge in [-0.15, -0.1) is 0 Å². The van der Waals surface area contributed by atoms with Crippen LogP contribution in [-0.4, -0.2) is 55.6 Å². The number of benzene rings is 3. The third-order valence-electron chi connectivity index (χ3n) is 6.98. The summed E-state index contributed by atoms with van der Waals surface area (Å²) < 4.78 is 29.3. The minimum absolute atomic E-state index is 0.0726. The Bertz CT molecular complexity index is 1690. The number of hydrogen-bond donors (Lipinski definition) is 1. The first-order valence-corrected chi connectivity index (χ1v) is 14.2. The lowest BCUT2D eigenvalue weighted by Gasteiger charge is -2.31. The fourth-order valence-electron chi connectivity index (χ4n) is 4.89. The van der Waals surface area contributed by atoms with Gasteiger partial charge >= 0.3 is 5.97 Å². The Hall–Kier alpha value is -4.44. The first-order chi connectivity index (χ1) is 18.6. The Morgan fingerprint density at radius 2 is 1.90 bits per heavy atom. The van der Waals surface area contributed by atoms with Crippen LogP contribution in [-0.2, 0) is 38.8 Å². The third kappa shape index (κ3) is 5.42. The van der Waals surface area contributed by atoms with Crippen molar-refractivity contribution >= 4 is 44.8 Å². The van der Waals surface area contributed by atoms with Crippen LogP contribution in [0.1, 0.15) is 27.0 Å². The van der Waals surface area contributed by atoms with E-state index in [1.807, 2.05) is 12.1 Å². The highest BCUT2D eigenvalue weighted by Crippen LogP contribution is 2.28. The van der Waals surface area contributed by atoms with Gasteiger partial charge in [0.15, 0.2) is 9.84 Å². The number of carbonyl (C=O) groups is 3. The van der Waals surface area contributed by atoms with Crippen LogP contribution in [0.15, 0.2) is 82.3 Å². The van der Waals surface area contributed by atoms with Crippen molar-refractivity contribution in [1.82, 2.24) is 4.90 Å². The van der Waals surface area contributed by atoms with Crippen LogP contribution in [0.5, 0.6) is 0 Å². The molecule has 0 saturated heterocycles. The maximum atomic E-state index is 13.1. The molecule has 1 aromatic heterocycles. The highest BCUT2D eigenvalue weighted by molar-refractivity contribution is 7.90. The van der Waals surface area contributed by atoms with E-state index in [0.717, 1.165) is 27.7 Å². The van der Waals surface area contributed by atoms with E-state index < -0.39 is 21.8 Å². The number of carboxylic acid groups (broad SMARTS) is 1. The lowest BCUT2D eigenvalue weighted by molar-refractivity contribution is -0.139. The summed E-state index contributed by atoms with van der Waals surface area (Å²) in [7, 11) is -3.47. The summed E-state index contributed by atoms with van der Waals surface area (Å²) in [6.07, 6.45) is 3.61. The molecule has 2 amide bonds. The molecule has 1 unspecified atom stereocenters. The van der Waals surface area contributed by atoms with Crippen molar-refractivity contribution in [3.05, 3.63) is 95.2 Å². The molecule has 0 radical (unpaired) electrons. The Morgan fingerprint density at radius 1 is 1.08 bits per heavy atom. The molecule has 1 aliphatic heterocycles. The SMILES string of the molecule is CS(=O)(=O)c1cccc(CC(C(=O)O)N(C=O)c2ccc3c(c2)CCN(C(=O)c2ccc4ccoc4c2)C3)c1.